The number of benzene rings is 2. The van der Waals surface area contributed by atoms with Gasteiger partial charge in [0.1, 0.15) is 101 Å². The highest BCUT2D eigenvalue weighted by molar-refractivity contribution is 5.88. The second-order valence-corrected chi connectivity index (χ2v) is 16.4. The second-order valence-electron chi connectivity index (χ2n) is 16.4. The number of hydrogen-bond donors (Lipinski definition) is 14. The predicted molar refractivity (Wildman–Crippen MR) is 208 cm³/mol. The summed E-state index contributed by atoms with van der Waals surface area (Å²) in [6.07, 6.45) is -32.7. The number of hydrogen-bond acceptors (Lipinski definition) is 25. The van der Waals surface area contributed by atoms with E-state index in [2.05, 4.69) is 0 Å². The van der Waals surface area contributed by atoms with E-state index in [1.807, 2.05) is 0 Å². The number of fused-ring (bicyclic) bond motifs is 1. The molecule has 20 atom stereocenters. The molecule has 25 heteroatoms. The largest absolute Gasteiger partial charge is 0.508 e. The van der Waals surface area contributed by atoms with Gasteiger partial charge in [-0.15, -0.1) is 0 Å². The maximum Gasteiger partial charge on any atom is 0.239 e. The fourth-order valence-corrected chi connectivity index (χ4v) is 7.78. The molecule has 1 aromatic heterocycles. The Balaban J connectivity index is 1.28. The van der Waals surface area contributed by atoms with Crippen LogP contribution in [0.15, 0.2) is 45.6 Å². The van der Waals surface area contributed by atoms with Gasteiger partial charge in [0.15, 0.2) is 30.5 Å². The normalized spacial score (nSPS) is 41.3. The van der Waals surface area contributed by atoms with Crippen molar-refractivity contribution in [3.05, 3.63) is 46.6 Å². The SMILES string of the molecule is CC1OC(O)C(O)C(OCC2OC(Oc3c(-c4ccc(O)cc4)oc4cc(OC5C(O)C(C)OC(O)C5O)cc(O)c4c3=O)C(OOC3OC(CO)C(O)C(O)C3O)C(O)C2(C)O)C1O. The average molecular weight is 933 g/mol. The van der Waals surface area contributed by atoms with Crippen molar-refractivity contribution in [3.8, 4) is 34.3 Å². The zero-order valence-electron chi connectivity index (χ0n) is 34.6. The van der Waals surface area contributed by atoms with Crippen molar-refractivity contribution < 1.29 is 119 Å². The van der Waals surface area contributed by atoms with Gasteiger partial charge in [-0.3, -0.25) is 4.79 Å². The molecule has 5 heterocycles. The molecular weight excluding hydrogens is 880 g/mol. The molecule has 2 aromatic carbocycles. The first kappa shape index (κ1) is 49.0. The minimum atomic E-state index is -2.46. The molecule has 25 nitrogen and oxygen atoms in total. The van der Waals surface area contributed by atoms with Crippen LogP contribution in [0.25, 0.3) is 22.3 Å². The zero-order chi connectivity index (χ0) is 47.4. The van der Waals surface area contributed by atoms with Crippen molar-refractivity contribution in [1.82, 2.24) is 0 Å². The van der Waals surface area contributed by atoms with Crippen LogP contribution in [0, 0.1) is 0 Å². The van der Waals surface area contributed by atoms with E-state index in [-0.39, 0.29) is 22.6 Å². The zero-order valence-corrected chi connectivity index (χ0v) is 34.6. The van der Waals surface area contributed by atoms with Crippen molar-refractivity contribution in [3.63, 3.8) is 0 Å². The Hall–Kier alpha value is -3.91. The topological polar surface area (TPSA) is 397 Å². The molecule has 4 aliphatic heterocycles. The summed E-state index contributed by atoms with van der Waals surface area (Å²) < 4.78 is 45.3. The number of aliphatic hydroxyl groups excluding tert-OH is 11. The van der Waals surface area contributed by atoms with Crippen molar-refractivity contribution >= 4 is 11.0 Å². The number of ether oxygens (including phenoxy) is 7. The summed E-state index contributed by atoms with van der Waals surface area (Å²) in [5.41, 5.74) is -3.95. The fraction of sp³-hybridized carbons (Fsp3) is 0.625. The van der Waals surface area contributed by atoms with E-state index in [1.165, 1.54) is 38.1 Å². The standard InChI is InChI=1S/C40H52O25/c1-12-22(44)31(28(50)36(53)57-12)56-11-20-40(3,55)35(52)34(64-65-38-27(49)26(48)24(46)19(10-41)61-38)39(62-20)63-33-25(47)21-17(43)8-16(59-32-23(45)13(2)58-37(54)29(32)51)9-18(21)60-30(33)14-4-6-15(42)7-5-14/h4-9,12-13,19-20,22-24,26-29,31-32,34-39,41-46,48-55H,10-11H2,1-3H3. The molecular formula is C40H52O25. The Bertz CT molecular complexity index is 2120. The smallest absolute Gasteiger partial charge is 0.239 e. The van der Waals surface area contributed by atoms with Gasteiger partial charge in [-0.2, -0.15) is 0 Å². The molecule has 0 bridgehead atoms. The van der Waals surface area contributed by atoms with Gasteiger partial charge in [-0.25, -0.2) is 9.78 Å². The van der Waals surface area contributed by atoms with Crippen LogP contribution in [0.3, 0.4) is 0 Å². The molecule has 65 heavy (non-hydrogen) atoms. The number of phenolic OH excluding ortho intramolecular Hbond substituents is 2. The summed E-state index contributed by atoms with van der Waals surface area (Å²) in [4.78, 5) is 25.3. The van der Waals surface area contributed by atoms with E-state index in [0.29, 0.717) is 0 Å². The molecule has 3 aromatic rings. The minimum Gasteiger partial charge on any atom is -0.508 e. The van der Waals surface area contributed by atoms with Crippen molar-refractivity contribution in [1.29, 1.82) is 0 Å². The fourth-order valence-electron chi connectivity index (χ4n) is 7.78. The van der Waals surface area contributed by atoms with E-state index < -0.39 is 164 Å². The van der Waals surface area contributed by atoms with Crippen LogP contribution in [0.4, 0.5) is 0 Å². The van der Waals surface area contributed by atoms with Crippen LogP contribution < -0.4 is 14.9 Å². The van der Waals surface area contributed by atoms with Crippen LogP contribution in [0.1, 0.15) is 20.8 Å². The Morgan fingerprint density at radius 3 is 1.92 bits per heavy atom. The van der Waals surface area contributed by atoms with E-state index in [9.17, 15) is 76.3 Å². The van der Waals surface area contributed by atoms with E-state index in [0.717, 1.165) is 19.1 Å². The molecule has 20 unspecified atom stereocenters. The van der Waals surface area contributed by atoms with E-state index in [4.69, 9.17) is 47.4 Å². The molecule has 0 radical (unpaired) electrons. The van der Waals surface area contributed by atoms with Gasteiger partial charge in [0.2, 0.25) is 23.8 Å². The van der Waals surface area contributed by atoms with Crippen molar-refractivity contribution in [2.24, 2.45) is 0 Å². The van der Waals surface area contributed by atoms with Gasteiger partial charge in [0, 0.05) is 17.7 Å². The summed E-state index contributed by atoms with van der Waals surface area (Å²) in [5.74, 6) is -2.52. The molecule has 362 valence electrons. The molecule has 0 saturated carbocycles. The van der Waals surface area contributed by atoms with Gasteiger partial charge in [-0.1, -0.05) is 0 Å². The predicted octanol–water partition coefficient (Wildman–Crippen LogP) is -4.75. The van der Waals surface area contributed by atoms with Crippen LogP contribution in [-0.4, -0.2) is 207 Å². The van der Waals surface area contributed by atoms with Crippen LogP contribution >= 0.6 is 0 Å². The molecule has 4 saturated heterocycles. The maximum atomic E-state index is 14.6. The summed E-state index contributed by atoms with van der Waals surface area (Å²) in [5, 5.41) is 148. The summed E-state index contributed by atoms with van der Waals surface area (Å²) in [7, 11) is 0. The summed E-state index contributed by atoms with van der Waals surface area (Å²) >= 11 is 0. The van der Waals surface area contributed by atoms with Crippen LogP contribution in [0.2, 0.25) is 0 Å². The number of aromatic hydroxyl groups is 2. The number of aliphatic hydroxyl groups is 12. The summed E-state index contributed by atoms with van der Waals surface area (Å²) in [6.45, 7) is 2.19. The number of rotatable bonds is 12. The molecule has 0 aliphatic carbocycles. The van der Waals surface area contributed by atoms with E-state index in [1.54, 1.807) is 0 Å². The molecule has 4 fully saturated rings. The lowest BCUT2D eigenvalue weighted by Crippen LogP contribution is -2.68. The van der Waals surface area contributed by atoms with Crippen molar-refractivity contribution in [2.45, 2.75) is 143 Å². The Labute approximate surface area is 366 Å². The first-order chi connectivity index (χ1) is 30.6. The highest BCUT2D eigenvalue weighted by Crippen LogP contribution is 2.41. The summed E-state index contributed by atoms with van der Waals surface area (Å²) in [6, 6.07) is 7.04. The third-order valence-corrected chi connectivity index (χ3v) is 11.8. The van der Waals surface area contributed by atoms with Crippen LogP contribution in [-0.2, 0) is 33.5 Å². The Morgan fingerprint density at radius 1 is 0.677 bits per heavy atom. The lowest BCUT2D eigenvalue weighted by atomic mass is 9.86. The van der Waals surface area contributed by atoms with Gasteiger partial charge < -0.3 is 109 Å². The molecule has 7 rings (SSSR count). The maximum absolute atomic E-state index is 14.6. The first-order valence-electron chi connectivity index (χ1n) is 20.3. The van der Waals surface area contributed by atoms with Gasteiger partial charge in [0.25, 0.3) is 0 Å². The molecule has 0 spiro atoms. The third-order valence-electron chi connectivity index (χ3n) is 11.8. The lowest BCUT2D eigenvalue weighted by Gasteiger charge is -2.48. The van der Waals surface area contributed by atoms with Crippen molar-refractivity contribution in [2.75, 3.05) is 13.2 Å². The Kier molecular flexibility index (Phi) is 14.6. The number of phenols is 2. The molecule has 14 N–H and O–H groups in total. The monoisotopic (exact) mass is 932 g/mol. The lowest BCUT2D eigenvalue weighted by molar-refractivity contribution is -0.472. The van der Waals surface area contributed by atoms with Gasteiger partial charge in [-0.05, 0) is 45.0 Å². The average Bonchev–Trinajstić information content (AvgIpc) is 3.26. The molecule has 4 aliphatic rings. The minimum absolute atomic E-state index is 0.0308. The van der Waals surface area contributed by atoms with Gasteiger partial charge in [0.05, 0.1) is 25.4 Å². The second kappa shape index (κ2) is 19.4. The van der Waals surface area contributed by atoms with Gasteiger partial charge >= 0.3 is 0 Å². The highest BCUT2D eigenvalue weighted by atomic mass is 17.2. The Morgan fingerprint density at radius 2 is 1.29 bits per heavy atom. The van der Waals surface area contributed by atoms with E-state index >= 15 is 0 Å². The first-order valence-corrected chi connectivity index (χ1v) is 20.3. The third kappa shape index (κ3) is 9.50. The molecule has 0 amide bonds. The van der Waals surface area contributed by atoms with Crippen LogP contribution in [0.5, 0.6) is 23.0 Å². The highest BCUT2D eigenvalue weighted by Gasteiger charge is 2.57. The quantitative estimate of drug-likeness (QED) is 0.0599.